The second-order valence-corrected chi connectivity index (χ2v) is 4.98. The molecule has 0 fully saturated rings. The van der Waals surface area contributed by atoms with Gasteiger partial charge in [-0.2, -0.15) is 0 Å². The lowest BCUT2D eigenvalue weighted by molar-refractivity contribution is -0.137. The molecule has 0 saturated heterocycles. The van der Waals surface area contributed by atoms with Crippen molar-refractivity contribution in [2.45, 2.75) is 58.3 Å². The largest absolute Gasteiger partial charge is 0.480 e. The summed E-state index contributed by atoms with van der Waals surface area (Å²) in [6.07, 6.45) is 9.94. The third-order valence-electron chi connectivity index (χ3n) is 3.36. The lowest BCUT2D eigenvalue weighted by atomic mass is 10.1. The maximum atomic E-state index is 10.7. The van der Waals surface area contributed by atoms with Gasteiger partial charge in [0, 0.05) is 13.0 Å². The van der Waals surface area contributed by atoms with E-state index >= 15 is 0 Å². The van der Waals surface area contributed by atoms with Crippen LogP contribution in [0.1, 0.15) is 58.3 Å². The second-order valence-electron chi connectivity index (χ2n) is 4.98. The van der Waals surface area contributed by atoms with E-state index in [-0.39, 0.29) is 6.54 Å². The Morgan fingerprint density at radius 2 is 1.89 bits per heavy atom. The number of aliphatic imine (C=N–C) groups is 1. The van der Waals surface area contributed by atoms with Crippen molar-refractivity contribution in [3.63, 3.8) is 0 Å². The van der Waals surface area contributed by atoms with E-state index in [1.807, 2.05) is 4.90 Å². The van der Waals surface area contributed by atoms with Crippen molar-refractivity contribution < 1.29 is 9.90 Å². The molecule has 0 aromatic rings. The van der Waals surface area contributed by atoms with Crippen LogP contribution in [-0.2, 0) is 4.79 Å². The van der Waals surface area contributed by atoms with E-state index in [2.05, 4.69) is 11.9 Å². The molecule has 0 radical (unpaired) electrons. The number of unbranched alkanes of at least 4 members (excludes halogenated alkanes) is 6. The minimum atomic E-state index is -0.760. The van der Waals surface area contributed by atoms with Gasteiger partial charge in [0.25, 0.3) is 0 Å². The predicted molar refractivity (Wildman–Crippen MR) is 74.1 cm³/mol. The third-order valence-corrected chi connectivity index (χ3v) is 3.36. The monoisotopic (exact) mass is 254 g/mol. The number of aliphatic carboxylic acids is 1. The molecule has 0 atom stereocenters. The minimum Gasteiger partial charge on any atom is -0.480 e. The number of carboxylic acid groups (broad SMARTS) is 1. The fourth-order valence-electron chi connectivity index (χ4n) is 2.34. The van der Waals surface area contributed by atoms with E-state index in [9.17, 15) is 4.79 Å². The van der Waals surface area contributed by atoms with Crippen molar-refractivity contribution >= 4 is 11.8 Å². The Morgan fingerprint density at radius 1 is 1.22 bits per heavy atom. The molecule has 4 heteroatoms. The van der Waals surface area contributed by atoms with Crippen LogP contribution in [0.2, 0.25) is 0 Å². The summed E-state index contributed by atoms with van der Waals surface area (Å²) in [4.78, 5) is 17.0. The number of amidine groups is 1. The molecule has 1 aliphatic rings. The number of hydrogen-bond donors (Lipinski definition) is 1. The topological polar surface area (TPSA) is 52.9 Å². The van der Waals surface area contributed by atoms with Crippen LogP contribution in [0.15, 0.2) is 4.99 Å². The molecular weight excluding hydrogens is 228 g/mol. The summed E-state index contributed by atoms with van der Waals surface area (Å²) in [5.41, 5.74) is 0. The Labute approximate surface area is 110 Å². The molecule has 1 heterocycles. The van der Waals surface area contributed by atoms with Crippen LogP contribution in [0.4, 0.5) is 0 Å². The second kappa shape index (κ2) is 8.95. The van der Waals surface area contributed by atoms with E-state index in [4.69, 9.17) is 5.11 Å². The number of rotatable bonds is 10. The fourth-order valence-corrected chi connectivity index (χ4v) is 2.34. The maximum Gasteiger partial charge on any atom is 0.323 e. The highest BCUT2D eigenvalue weighted by Gasteiger charge is 2.18. The molecule has 0 aromatic heterocycles. The molecule has 104 valence electrons. The van der Waals surface area contributed by atoms with E-state index in [1.165, 1.54) is 38.5 Å². The number of carbonyl (C=O) groups is 1. The molecule has 0 saturated carbocycles. The van der Waals surface area contributed by atoms with Crippen molar-refractivity contribution in [3.8, 4) is 0 Å². The summed E-state index contributed by atoms with van der Waals surface area (Å²) < 4.78 is 0. The average molecular weight is 254 g/mol. The van der Waals surface area contributed by atoms with Gasteiger partial charge in [0.05, 0.1) is 12.4 Å². The smallest absolute Gasteiger partial charge is 0.323 e. The zero-order chi connectivity index (χ0) is 13.2. The van der Waals surface area contributed by atoms with E-state index in [0.29, 0.717) is 0 Å². The van der Waals surface area contributed by atoms with Gasteiger partial charge in [-0.05, 0) is 6.42 Å². The number of hydrogen-bond acceptors (Lipinski definition) is 3. The predicted octanol–water partition coefficient (Wildman–Crippen LogP) is 2.93. The van der Waals surface area contributed by atoms with Crippen LogP contribution >= 0.6 is 0 Å². The van der Waals surface area contributed by atoms with Crippen LogP contribution in [0.25, 0.3) is 0 Å². The first kappa shape index (κ1) is 15.0. The molecule has 1 aliphatic heterocycles. The first-order valence-corrected chi connectivity index (χ1v) is 7.24. The van der Waals surface area contributed by atoms with Gasteiger partial charge in [0.15, 0.2) is 0 Å². The van der Waals surface area contributed by atoms with Crippen LogP contribution < -0.4 is 0 Å². The summed E-state index contributed by atoms with van der Waals surface area (Å²) in [6.45, 7) is 3.88. The lowest BCUT2D eigenvalue weighted by Crippen LogP contribution is -2.32. The maximum absolute atomic E-state index is 10.7. The van der Waals surface area contributed by atoms with Crippen molar-refractivity contribution in [1.29, 1.82) is 0 Å². The van der Waals surface area contributed by atoms with Gasteiger partial charge in [-0.25, -0.2) is 0 Å². The lowest BCUT2D eigenvalue weighted by Gasteiger charge is -2.17. The number of carboxylic acids is 1. The molecule has 1 N–H and O–H groups in total. The minimum absolute atomic E-state index is 0.106. The van der Waals surface area contributed by atoms with Crippen LogP contribution in [0.5, 0.6) is 0 Å². The highest BCUT2D eigenvalue weighted by molar-refractivity contribution is 5.86. The first-order valence-electron chi connectivity index (χ1n) is 7.24. The molecule has 0 unspecified atom stereocenters. The van der Waals surface area contributed by atoms with Gasteiger partial charge in [-0.15, -0.1) is 0 Å². The van der Waals surface area contributed by atoms with Gasteiger partial charge in [0.1, 0.15) is 6.54 Å². The van der Waals surface area contributed by atoms with E-state index < -0.39 is 5.97 Å². The Balaban J connectivity index is 2.06. The standard InChI is InChI=1S/C14H26N2O2/c1-2-3-4-5-6-7-8-9-13-15-10-11-16(13)12-14(17)18/h2-12H2,1H3,(H,17,18). The zero-order valence-electron chi connectivity index (χ0n) is 11.5. The number of nitrogens with zero attached hydrogens (tertiary/aromatic N) is 2. The highest BCUT2D eigenvalue weighted by atomic mass is 16.4. The van der Waals surface area contributed by atoms with Gasteiger partial charge >= 0.3 is 5.97 Å². The Morgan fingerprint density at radius 3 is 2.56 bits per heavy atom. The van der Waals surface area contributed by atoms with Crippen molar-refractivity contribution in [3.05, 3.63) is 0 Å². The van der Waals surface area contributed by atoms with Gasteiger partial charge in [-0.3, -0.25) is 9.79 Å². The first-order chi connectivity index (χ1) is 8.74. The van der Waals surface area contributed by atoms with Crippen molar-refractivity contribution in [1.82, 2.24) is 4.90 Å². The normalized spacial score (nSPS) is 14.9. The van der Waals surface area contributed by atoms with Crippen LogP contribution in [0, 0.1) is 0 Å². The molecule has 1 rings (SSSR count). The Bertz CT molecular complexity index is 277. The summed E-state index contributed by atoms with van der Waals surface area (Å²) in [6, 6.07) is 0. The highest BCUT2D eigenvalue weighted by Crippen LogP contribution is 2.12. The molecular formula is C14H26N2O2. The quantitative estimate of drug-likeness (QED) is 0.610. The van der Waals surface area contributed by atoms with Gasteiger partial charge in [-0.1, -0.05) is 45.4 Å². The Kier molecular flexibility index (Phi) is 7.46. The van der Waals surface area contributed by atoms with E-state index in [0.717, 1.165) is 31.8 Å². The zero-order valence-corrected chi connectivity index (χ0v) is 11.5. The van der Waals surface area contributed by atoms with Gasteiger partial charge in [0.2, 0.25) is 0 Å². The Hall–Kier alpha value is -1.06. The molecule has 18 heavy (non-hydrogen) atoms. The molecule has 0 amide bonds. The van der Waals surface area contributed by atoms with Crippen molar-refractivity contribution in [2.75, 3.05) is 19.6 Å². The fraction of sp³-hybridized carbons (Fsp3) is 0.857. The molecule has 0 aromatic carbocycles. The summed E-state index contributed by atoms with van der Waals surface area (Å²) >= 11 is 0. The molecule has 0 bridgehead atoms. The summed E-state index contributed by atoms with van der Waals surface area (Å²) in [5.74, 6) is 0.245. The van der Waals surface area contributed by atoms with Gasteiger partial charge < -0.3 is 10.0 Å². The van der Waals surface area contributed by atoms with Crippen molar-refractivity contribution in [2.24, 2.45) is 4.99 Å². The molecule has 0 spiro atoms. The van der Waals surface area contributed by atoms with Crippen LogP contribution in [-0.4, -0.2) is 41.4 Å². The third kappa shape index (κ3) is 6.03. The van der Waals surface area contributed by atoms with E-state index in [1.54, 1.807) is 0 Å². The molecule has 0 aliphatic carbocycles. The van der Waals surface area contributed by atoms with Crippen LogP contribution in [0.3, 0.4) is 0 Å². The summed E-state index contributed by atoms with van der Waals surface area (Å²) in [5, 5.41) is 8.79. The SMILES string of the molecule is CCCCCCCCCC1=NCCN1CC(=O)O. The summed E-state index contributed by atoms with van der Waals surface area (Å²) in [7, 11) is 0. The average Bonchev–Trinajstić information content (AvgIpc) is 2.75. The molecule has 4 nitrogen and oxygen atoms in total.